The highest BCUT2D eigenvalue weighted by Gasteiger charge is 2.06. The quantitative estimate of drug-likeness (QED) is 0.844. The molecule has 102 valence electrons. The second-order valence-electron chi connectivity index (χ2n) is 4.39. The van der Waals surface area contributed by atoms with Gasteiger partial charge in [0, 0.05) is 17.3 Å². The lowest BCUT2D eigenvalue weighted by Gasteiger charge is -2.06. The van der Waals surface area contributed by atoms with E-state index in [2.05, 4.69) is 20.9 Å². The minimum Gasteiger partial charge on any atom is -0.299 e. The van der Waals surface area contributed by atoms with E-state index >= 15 is 0 Å². The van der Waals surface area contributed by atoms with Crippen LogP contribution in [0.2, 0.25) is 0 Å². The number of halogens is 1. The van der Waals surface area contributed by atoms with Gasteiger partial charge in [0.2, 0.25) is 0 Å². The maximum atomic E-state index is 12.2. The fraction of sp³-hybridized carbons (Fsp3) is 0.333. The first-order valence-electron chi connectivity index (χ1n) is 5.69. The van der Waals surface area contributed by atoms with E-state index in [1.165, 1.54) is 17.2 Å². The van der Waals surface area contributed by atoms with Gasteiger partial charge in [-0.25, -0.2) is 13.4 Å². The number of rotatable bonds is 4. The van der Waals surface area contributed by atoms with Crippen molar-refractivity contribution in [1.29, 1.82) is 0 Å². The smallest absolute Gasteiger partial charge is 0.261 e. The summed E-state index contributed by atoms with van der Waals surface area (Å²) in [6, 6.07) is 5.27. The molecule has 0 amide bonds. The number of nitrogens with zero attached hydrogens (tertiary/aromatic N) is 2. The fourth-order valence-corrected chi connectivity index (χ4v) is 2.79. The van der Waals surface area contributed by atoms with Gasteiger partial charge in [0.25, 0.3) is 5.56 Å². The number of fused-ring (bicyclic) bond motifs is 1. The molecule has 7 heteroatoms. The van der Waals surface area contributed by atoms with Gasteiger partial charge in [-0.1, -0.05) is 15.9 Å². The number of benzene rings is 1. The van der Waals surface area contributed by atoms with Crippen molar-refractivity contribution in [3.8, 4) is 0 Å². The van der Waals surface area contributed by atoms with Gasteiger partial charge in [0.1, 0.15) is 9.84 Å². The molecule has 0 aliphatic heterocycles. The van der Waals surface area contributed by atoms with Gasteiger partial charge >= 0.3 is 0 Å². The van der Waals surface area contributed by atoms with E-state index in [0.717, 1.165) is 4.47 Å². The summed E-state index contributed by atoms with van der Waals surface area (Å²) < 4.78 is 24.4. The van der Waals surface area contributed by atoms with Crippen LogP contribution in [0.1, 0.15) is 6.42 Å². The van der Waals surface area contributed by atoms with Crippen LogP contribution < -0.4 is 5.56 Å². The van der Waals surface area contributed by atoms with Gasteiger partial charge in [-0.3, -0.25) is 9.36 Å². The molecule has 0 atom stereocenters. The Morgan fingerprint density at radius 1 is 1.37 bits per heavy atom. The molecule has 1 heterocycles. The monoisotopic (exact) mass is 344 g/mol. The summed E-state index contributed by atoms with van der Waals surface area (Å²) in [5.74, 6) is 0.0673. The molecule has 0 radical (unpaired) electrons. The van der Waals surface area contributed by atoms with Crippen LogP contribution >= 0.6 is 15.9 Å². The molecule has 0 aliphatic carbocycles. The Labute approximate surface area is 119 Å². The standard InChI is InChI=1S/C12H13BrN2O3S/c1-19(17,18)6-2-5-15-8-14-11-7-9(13)3-4-10(11)12(15)16/h3-4,7-8H,2,5-6H2,1H3. The Kier molecular flexibility index (Phi) is 4.05. The lowest BCUT2D eigenvalue weighted by molar-refractivity contribution is 0.588. The third-order valence-corrected chi connectivity index (χ3v) is 4.22. The Hall–Kier alpha value is -1.21. The first-order valence-corrected chi connectivity index (χ1v) is 8.54. The zero-order valence-electron chi connectivity index (χ0n) is 10.3. The SMILES string of the molecule is CS(=O)(=O)CCCn1cnc2cc(Br)ccc2c1=O. The van der Waals surface area contributed by atoms with E-state index in [4.69, 9.17) is 0 Å². The molecule has 19 heavy (non-hydrogen) atoms. The summed E-state index contributed by atoms with van der Waals surface area (Å²) in [6.45, 7) is 0.352. The van der Waals surface area contributed by atoms with Crippen molar-refractivity contribution in [3.05, 3.63) is 39.4 Å². The predicted molar refractivity (Wildman–Crippen MR) is 78.0 cm³/mol. The molecule has 0 saturated heterocycles. The third kappa shape index (κ3) is 3.63. The first-order chi connectivity index (χ1) is 8.87. The van der Waals surface area contributed by atoms with Crippen LogP contribution in [0.3, 0.4) is 0 Å². The van der Waals surface area contributed by atoms with Crippen molar-refractivity contribution < 1.29 is 8.42 Å². The summed E-state index contributed by atoms with van der Waals surface area (Å²) in [4.78, 5) is 16.4. The Morgan fingerprint density at radius 3 is 2.79 bits per heavy atom. The third-order valence-electron chi connectivity index (χ3n) is 2.70. The van der Waals surface area contributed by atoms with Crippen molar-refractivity contribution in [2.24, 2.45) is 0 Å². The van der Waals surface area contributed by atoms with E-state index in [1.54, 1.807) is 18.2 Å². The molecule has 0 unspecified atom stereocenters. The number of hydrogen-bond donors (Lipinski definition) is 0. The van der Waals surface area contributed by atoms with E-state index in [0.29, 0.717) is 23.9 Å². The van der Waals surface area contributed by atoms with Gasteiger partial charge in [-0.2, -0.15) is 0 Å². The van der Waals surface area contributed by atoms with Crippen LogP contribution in [-0.4, -0.2) is 30.0 Å². The van der Waals surface area contributed by atoms with Crippen molar-refractivity contribution in [1.82, 2.24) is 9.55 Å². The van der Waals surface area contributed by atoms with Gasteiger partial charge in [0.05, 0.1) is 23.0 Å². The largest absolute Gasteiger partial charge is 0.299 e. The average Bonchev–Trinajstić information content (AvgIpc) is 2.30. The number of aromatic nitrogens is 2. The molecule has 5 nitrogen and oxygen atoms in total. The molecule has 2 rings (SSSR count). The highest BCUT2D eigenvalue weighted by molar-refractivity contribution is 9.10. The Balaban J connectivity index is 2.28. The summed E-state index contributed by atoms with van der Waals surface area (Å²) in [5.41, 5.74) is 0.477. The van der Waals surface area contributed by atoms with E-state index in [-0.39, 0.29) is 11.3 Å². The molecule has 0 fully saturated rings. The Bertz CT molecular complexity index is 768. The zero-order valence-corrected chi connectivity index (χ0v) is 12.7. The maximum Gasteiger partial charge on any atom is 0.261 e. The van der Waals surface area contributed by atoms with Crippen molar-refractivity contribution in [2.75, 3.05) is 12.0 Å². The van der Waals surface area contributed by atoms with Gasteiger partial charge in [0.15, 0.2) is 0 Å². The molecule has 0 aliphatic rings. The maximum absolute atomic E-state index is 12.2. The van der Waals surface area contributed by atoms with E-state index < -0.39 is 9.84 Å². The van der Waals surface area contributed by atoms with Crippen LogP contribution in [0.5, 0.6) is 0 Å². The predicted octanol–water partition coefficient (Wildman–Crippen LogP) is 1.59. The van der Waals surface area contributed by atoms with Crippen molar-refractivity contribution in [2.45, 2.75) is 13.0 Å². The number of aryl methyl sites for hydroxylation is 1. The number of sulfone groups is 1. The molecule has 2 aromatic rings. The first kappa shape index (κ1) is 14.2. The number of hydrogen-bond acceptors (Lipinski definition) is 4. The van der Waals surface area contributed by atoms with Crippen LogP contribution in [-0.2, 0) is 16.4 Å². The van der Waals surface area contributed by atoms with Crippen molar-refractivity contribution >= 4 is 36.7 Å². The van der Waals surface area contributed by atoms with E-state index in [9.17, 15) is 13.2 Å². The molecular formula is C12H13BrN2O3S. The highest BCUT2D eigenvalue weighted by atomic mass is 79.9. The van der Waals surface area contributed by atoms with Crippen LogP contribution in [0, 0.1) is 0 Å². The molecular weight excluding hydrogens is 332 g/mol. The van der Waals surface area contributed by atoms with Gasteiger partial charge in [-0.05, 0) is 24.6 Å². The van der Waals surface area contributed by atoms with Crippen LogP contribution in [0.4, 0.5) is 0 Å². The summed E-state index contributed by atoms with van der Waals surface area (Å²) in [7, 11) is -3.00. The fourth-order valence-electron chi connectivity index (χ4n) is 1.79. The topological polar surface area (TPSA) is 69.0 Å². The molecule has 1 aromatic carbocycles. The highest BCUT2D eigenvalue weighted by Crippen LogP contribution is 2.14. The second-order valence-corrected chi connectivity index (χ2v) is 7.56. The van der Waals surface area contributed by atoms with Crippen LogP contribution in [0.25, 0.3) is 10.9 Å². The summed E-state index contributed by atoms with van der Waals surface area (Å²) >= 11 is 3.32. The summed E-state index contributed by atoms with van der Waals surface area (Å²) in [6.07, 6.45) is 3.05. The molecule has 0 spiro atoms. The van der Waals surface area contributed by atoms with Gasteiger partial charge < -0.3 is 0 Å². The van der Waals surface area contributed by atoms with Gasteiger partial charge in [-0.15, -0.1) is 0 Å². The minimum absolute atomic E-state index is 0.0673. The van der Waals surface area contributed by atoms with E-state index in [1.807, 2.05) is 0 Å². The second kappa shape index (κ2) is 5.42. The van der Waals surface area contributed by atoms with Crippen LogP contribution in [0.15, 0.2) is 33.8 Å². The normalized spacial score (nSPS) is 11.9. The lowest BCUT2D eigenvalue weighted by atomic mass is 10.2. The summed E-state index contributed by atoms with van der Waals surface area (Å²) in [5, 5.41) is 0.532. The average molecular weight is 345 g/mol. The minimum atomic E-state index is -3.00. The Morgan fingerprint density at radius 2 is 2.11 bits per heavy atom. The lowest BCUT2D eigenvalue weighted by Crippen LogP contribution is -2.21. The molecule has 0 N–H and O–H groups in total. The zero-order chi connectivity index (χ0) is 14.0. The molecule has 0 saturated carbocycles. The van der Waals surface area contributed by atoms with Crippen molar-refractivity contribution in [3.63, 3.8) is 0 Å². The molecule has 0 bridgehead atoms. The molecule has 1 aromatic heterocycles.